The van der Waals surface area contributed by atoms with Crippen molar-refractivity contribution in [2.75, 3.05) is 13.1 Å². The summed E-state index contributed by atoms with van der Waals surface area (Å²) in [7, 11) is 0. The van der Waals surface area contributed by atoms with Gasteiger partial charge in [0.1, 0.15) is 11.7 Å². The molecule has 4 N–H and O–H groups in total. The highest BCUT2D eigenvalue weighted by molar-refractivity contribution is 6.38. The molecule has 2 aliphatic heterocycles. The van der Waals surface area contributed by atoms with Crippen LogP contribution in [-0.2, 0) is 25.7 Å². The maximum absolute atomic E-state index is 13.8. The van der Waals surface area contributed by atoms with Crippen molar-refractivity contribution >= 4 is 40.3 Å². The van der Waals surface area contributed by atoms with E-state index >= 15 is 0 Å². The predicted molar refractivity (Wildman–Crippen MR) is 150 cm³/mol. The van der Waals surface area contributed by atoms with E-state index in [9.17, 15) is 24.0 Å². The van der Waals surface area contributed by atoms with Gasteiger partial charge in [-0.2, -0.15) is 0 Å². The van der Waals surface area contributed by atoms with Gasteiger partial charge in [-0.1, -0.05) is 48.5 Å². The van der Waals surface area contributed by atoms with E-state index in [1.807, 2.05) is 54.6 Å². The molecular formula is C31H33N5O5. The fourth-order valence-electron chi connectivity index (χ4n) is 6.06. The number of hydrogen-bond acceptors (Lipinski definition) is 5. The van der Waals surface area contributed by atoms with Crippen molar-refractivity contribution in [3.05, 3.63) is 71.9 Å². The first-order valence-electron chi connectivity index (χ1n) is 14.1. The lowest BCUT2D eigenvalue weighted by Crippen LogP contribution is -2.54. The number of aromatic amines is 1. The largest absolute Gasteiger partial charge is 0.356 e. The summed E-state index contributed by atoms with van der Waals surface area (Å²) < 4.78 is 0. The monoisotopic (exact) mass is 555 g/mol. The number of likely N-dealkylation sites (tertiary alicyclic amines) is 1. The third-order valence-corrected chi connectivity index (χ3v) is 8.63. The van der Waals surface area contributed by atoms with E-state index in [0.717, 1.165) is 29.3 Å². The number of benzene rings is 2. The smallest absolute Gasteiger partial charge is 0.289 e. The number of rotatable bonds is 9. The minimum atomic E-state index is -1.19. The van der Waals surface area contributed by atoms with Gasteiger partial charge in [0.2, 0.25) is 17.6 Å². The van der Waals surface area contributed by atoms with Crippen LogP contribution in [0, 0.1) is 11.3 Å². The molecule has 3 aromatic rings. The lowest BCUT2D eigenvalue weighted by Gasteiger charge is -2.26. The van der Waals surface area contributed by atoms with E-state index in [1.54, 1.807) is 11.0 Å². The summed E-state index contributed by atoms with van der Waals surface area (Å²) in [5.74, 6) is -3.08. The summed E-state index contributed by atoms with van der Waals surface area (Å²) in [6.07, 6.45) is 2.89. The summed E-state index contributed by atoms with van der Waals surface area (Å²) in [6.45, 7) is 1.10. The molecule has 3 heterocycles. The van der Waals surface area contributed by atoms with Crippen LogP contribution in [0.5, 0.6) is 0 Å². The van der Waals surface area contributed by atoms with Crippen molar-refractivity contribution < 1.29 is 24.0 Å². The highest BCUT2D eigenvalue weighted by Gasteiger charge is 2.55. The number of hydrogen-bond donors (Lipinski definition) is 4. The molecule has 1 saturated carbocycles. The molecule has 212 valence electrons. The van der Waals surface area contributed by atoms with E-state index in [1.165, 1.54) is 0 Å². The molecule has 4 amide bonds. The van der Waals surface area contributed by atoms with E-state index in [2.05, 4.69) is 20.9 Å². The summed E-state index contributed by atoms with van der Waals surface area (Å²) in [4.78, 5) is 70.7. The number of Topliss-reactive ketones (excluding diaryl/α,β-unsaturated/α-hetero) is 1. The highest BCUT2D eigenvalue weighted by atomic mass is 16.2. The van der Waals surface area contributed by atoms with Gasteiger partial charge < -0.3 is 25.8 Å². The molecule has 0 bridgehead atoms. The van der Waals surface area contributed by atoms with Crippen molar-refractivity contribution in [2.24, 2.45) is 11.3 Å². The van der Waals surface area contributed by atoms with Crippen LogP contribution < -0.4 is 16.0 Å². The van der Waals surface area contributed by atoms with Crippen molar-refractivity contribution in [1.29, 1.82) is 0 Å². The molecule has 1 spiro atoms. The third kappa shape index (κ3) is 5.59. The minimum Gasteiger partial charge on any atom is -0.356 e. The van der Waals surface area contributed by atoms with Crippen LogP contribution in [0.15, 0.2) is 60.7 Å². The van der Waals surface area contributed by atoms with Crippen molar-refractivity contribution in [3.63, 3.8) is 0 Å². The Morgan fingerprint density at radius 2 is 1.78 bits per heavy atom. The quantitative estimate of drug-likeness (QED) is 0.299. The first-order valence-corrected chi connectivity index (χ1v) is 14.1. The lowest BCUT2D eigenvalue weighted by molar-refractivity contribution is -0.141. The zero-order chi connectivity index (χ0) is 28.6. The first kappa shape index (κ1) is 26.7. The van der Waals surface area contributed by atoms with Crippen LogP contribution in [0.4, 0.5) is 0 Å². The Hall–Kier alpha value is -4.47. The maximum Gasteiger partial charge on any atom is 0.289 e. The molecule has 3 fully saturated rings. The minimum absolute atomic E-state index is 0.0169. The van der Waals surface area contributed by atoms with Crippen LogP contribution >= 0.6 is 0 Å². The number of carbonyl (C=O) groups is 5. The Morgan fingerprint density at radius 1 is 1.02 bits per heavy atom. The second-order valence-electron chi connectivity index (χ2n) is 11.5. The second kappa shape index (κ2) is 10.8. The van der Waals surface area contributed by atoms with Gasteiger partial charge in [0, 0.05) is 36.5 Å². The highest BCUT2D eigenvalue weighted by Crippen LogP contribution is 2.55. The van der Waals surface area contributed by atoms with Crippen molar-refractivity contribution in [1.82, 2.24) is 25.8 Å². The zero-order valence-corrected chi connectivity index (χ0v) is 22.7. The Kier molecular flexibility index (Phi) is 7.07. The molecule has 2 saturated heterocycles. The normalized spacial score (nSPS) is 21.5. The van der Waals surface area contributed by atoms with E-state index < -0.39 is 35.6 Å². The molecule has 6 rings (SSSR count). The first-order chi connectivity index (χ1) is 19.8. The predicted octanol–water partition coefficient (Wildman–Crippen LogP) is 2.06. The van der Waals surface area contributed by atoms with Gasteiger partial charge in [-0.3, -0.25) is 24.0 Å². The molecule has 41 heavy (non-hydrogen) atoms. The summed E-state index contributed by atoms with van der Waals surface area (Å²) in [5, 5.41) is 9.06. The number of para-hydroxylation sites is 1. The Labute approximate surface area is 237 Å². The average Bonchev–Trinajstić information content (AvgIpc) is 3.28. The van der Waals surface area contributed by atoms with E-state index in [4.69, 9.17) is 0 Å². The van der Waals surface area contributed by atoms with Gasteiger partial charge in [0.25, 0.3) is 11.8 Å². The number of fused-ring (bicyclic) bond motifs is 1. The van der Waals surface area contributed by atoms with Gasteiger partial charge in [-0.15, -0.1) is 0 Å². The molecule has 1 unspecified atom stereocenters. The van der Waals surface area contributed by atoms with Crippen LogP contribution in [-0.4, -0.2) is 64.5 Å². The van der Waals surface area contributed by atoms with Gasteiger partial charge in [0.15, 0.2) is 0 Å². The van der Waals surface area contributed by atoms with Crippen molar-refractivity contribution in [2.45, 2.75) is 50.7 Å². The Morgan fingerprint density at radius 3 is 2.49 bits per heavy atom. The molecule has 1 aromatic heterocycles. The standard InChI is InChI=1S/C31H33N5O5/c37-26(29(40)33-17-19-6-2-1-3-7-19)23(15-21-10-13-32-27(21)38)35-28(39)25-16-31(11-12-31)18-36(25)30(41)24-14-20-8-4-5-9-22(20)34-24/h1-9,14,21,23,25,34H,10-13,15-18H2,(H,32,38)(H,33,40)(H,35,39)/t21-,23?,25-/m0/s1. The van der Waals surface area contributed by atoms with Crippen LogP contribution in [0.2, 0.25) is 0 Å². The third-order valence-electron chi connectivity index (χ3n) is 8.63. The number of aromatic nitrogens is 1. The summed E-state index contributed by atoms with van der Waals surface area (Å²) in [6, 6.07) is 16.6. The fourth-order valence-corrected chi connectivity index (χ4v) is 6.06. The molecule has 2 aromatic carbocycles. The zero-order valence-electron chi connectivity index (χ0n) is 22.7. The van der Waals surface area contributed by atoms with Crippen LogP contribution in [0.25, 0.3) is 10.9 Å². The molecular weight excluding hydrogens is 522 g/mol. The number of H-pyrrole nitrogens is 1. The Balaban J connectivity index is 1.19. The van der Waals surface area contributed by atoms with Crippen molar-refractivity contribution in [3.8, 4) is 0 Å². The summed E-state index contributed by atoms with van der Waals surface area (Å²) >= 11 is 0. The summed E-state index contributed by atoms with van der Waals surface area (Å²) in [5.41, 5.74) is 1.97. The van der Waals surface area contributed by atoms with Crippen LogP contribution in [0.3, 0.4) is 0 Å². The molecule has 0 radical (unpaired) electrons. The van der Waals surface area contributed by atoms with Gasteiger partial charge in [0.05, 0.1) is 6.04 Å². The number of carbonyl (C=O) groups excluding carboxylic acids is 5. The number of amides is 4. The molecule has 3 atom stereocenters. The fraction of sp³-hybridized carbons (Fsp3) is 0.387. The molecule has 1 aliphatic carbocycles. The number of ketones is 1. The SMILES string of the molecule is O=C(NCc1ccccc1)C(=O)C(C[C@@H]1CCNC1=O)NC(=O)[C@@H]1CC2(CC2)CN1C(=O)c1cc2ccccc2[nH]1. The molecule has 10 heteroatoms. The van der Waals surface area contributed by atoms with Gasteiger partial charge in [-0.25, -0.2) is 0 Å². The van der Waals surface area contributed by atoms with Crippen LogP contribution in [0.1, 0.15) is 48.2 Å². The van der Waals surface area contributed by atoms with Gasteiger partial charge in [-0.05, 0) is 55.2 Å². The second-order valence-corrected chi connectivity index (χ2v) is 11.5. The number of nitrogens with zero attached hydrogens (tertiary/aromatic N) is 1. The lowest BCUT2D eigenvalue weighted by atomic mass is 9.94. The van der Waals surface area contributed by atoms with Gasteiger partial charge >= 0.3 is 0 Å². The average molecular weight is 556 g/mol. The molecule has 3 aliphatic rings. The number of nitrogens with one attached hydrogen (secondary N) is 4. The van der Waals surface area contributed by atoms with E-state index in [0.29, 0.717) is 31.6 Å². The topological polar surface area (TPSA) is 140 Å². The Bertz CT molecular complexity index is 1480. The molecule has 10 nitrogen and oxygen atoms in total. The maximum atomic E-state index is 13.8. The van der Waals surface area contributed by atoms with E-state index in [-0.39, 0.29) is 30.2 Å².